The summed E-state index contributed by atoms with van der Waals surface area (Å²) in [6.45, 7) is 8.50. The topological polar surface area (TPSA) is 64.8 Å². The molecular formula is C30H28BrN3O3. The molecular weight excluding hydrogens is 530 g/mol. The van der Waals surface area contributed by atoms with Gasteiger partial charge in [0, 0.05) is 27.0 Å². The molecule has 0 saturated heterocycles. The number of nitrogens with zero attached hydrogens (tertiary/aromatic N) is 2. The number of halogens is 1. The number of nitrogens with one attached hydrogen (secondary N) is 1. The molecule has 4 rings (SSSR count). The lowest BCUT2D eigenvalue weighted by molar-refractivity contribution is 0.0955. The minimum absolute atomic E-state index is 0.303. The van der Waals surface area contributed by atoms with Gasteiger partial charge in [0.15, 0.2) is 11.5 Å². The Kier molecular flexibility index (Phi) is 8.59. The van der Waals surface area contributed by atoms with Crippen molar-refractivity contribution in [1.29, 1.82) is 0 Å². The van der Waals surface area contributed by atoms with Crippen LogP contribution in [0, 0.1) is 6.92 Å². The lowest BCUT2D eigenvalue weighted by Crippen LogP contribution is -2.17. The summed E-state index contributed by atoms with van der Waals surface area (Å²) in [6.07, 6.45) is 3.23. The second-order valence-corrected chi connectivity index (χ2v) is 9.01. The van der Waals surface area contributed by atoms with E-state index in [1.54, 1.807) is 30.5 Å². The van der Waals surface area contributed by atoms with Gasteiger partial charge in [0.05, 0.1) is 18.5 Å². The van der Waals surface area contributed by atoms with Crippen molar-refractivity contribution in [1.82, 2.24) is 9.99 Å². The van der Waals surface area contributed by atoms with Crippen molar-refractivity contribution in [2.45, 2.75) is 13.8 Å². The molecule has 188 valence electrons. The normalized spacial score (nSPS) is 10.9. The summed E-state index contributed by atoms with van der Waals surface area (Å²) in [5.74, 6) is 0.886. The van der Waals surface area contributed by atoms with Crippen LogP contribution in [0.2, 0.25) is 0 Å². The molecule has 0 atom stereocenters. The smallest absolute Gasteiger partial charge is 0.271 e. The summed E-state index contributed by atoms with van der Waals surface area (Å²) in [4.78, 5) is 12.7. The third-order valence-corrected chi connectivity index (χ3v) is 6.31. The van der Waals surface area contributed by atoms with Crippen LogP contribution in [0.3, 0.4) is 0 Å². The van der Waals surface area contributed by atoms with Crippen LogP contribution in [0.15, 0.2) is 101 Å². The van der Waals surface area contributed by atoms with E-state index in [-0.39, 0.29) is 5.91 Å². The van der Waals surface area contributed by atoms with E-state index in [0.717, 1.165) is 32.7 Å². The van der Waals surface area contributed by atoms with Gasteiger partial charge >= 0.3 is 0 Å². The van der Waals surface area contributed by atoms with Gasteiger partial charge in [-0.3, -0.25) is 4.79 Å². The number of ether oxygens (including phenoxy) is 2. The first-order valence-electron chi connectivity index (χ1n) is 11.9. The lowest BCUT2D eigenvalue weighted by Gasteiger charge is -2.13. The molecule has 0 aliphatic carbocycles. The summed E-state index contributed by atoms with van der Waals surface area (Å²) in [5.41, 5.74) is 8.16. The summed E-state index contributed by atoms with van der Waals surface area (Å²) >= 11 is 3.52. The number of carbonyl (C=O) groups excluding carboxylic acids is 1. The van der Waals surface area contributed by atoms with Crippen molar-refractivity contribution in [3.63, 3.8) is 0 Å². The van der Waals surface area contributed by atoms with E-state index in [2.05, 4.69) is 68.8 Å². The Morgan fingerprint density at radius 2 is 1.76 bits per heavy atom. The zero-order valence-electron chi connectivity index (χ0n) is 20.8. The first-order chi connectivity index (χ1) is 18.0. The molecule has 4 aromatic rings. The monoisotopic (exact) mass is 557 g/mol. The molecule has 0 saturated carbocycles. The van der Waals surface area contributed by atoms with Gasteiger partial charge in [0.1, 0.15) is 6.61 Å². The van der Waals surface area contributed by atoms with Crippen LogP contribution in [-0.4, -0.2) is 29.9 Å². The quantitative estimate of drug-likeness (QED) is 0.130. The summed E-state index contributed by atoms with van der Waals surface area (Å²) in [7, 11) is 0. The number of hydrogen-bond donors (Lipinski definition) is 1. The number of rotatable bonds is 10. The maximum Gasteiger partial charge on any atom is 0.271 e. The predicted octanol–water partition coefficient (Wildman–Crippen LogP) is 6.94. The second kappa shape index (κ2) is 12.2. The number of benzene rings is 3. The molecule has 37 heavy (non-hydrogen) atoms. The molecule has 6 nitrogen and oxygen atoms in total. The summed E-state index contributed by atoms with van der Waals surface area (Å²) < 4.78 is 14.3. The Morgan fingerprint density at radius 1 is 1.03 bits per heavy atom. The minimum atomic E-state index is -0.303. The van der Waals surface area contributed by atoms with Crippen LogP contribution in [0.25, 0.3) is 16.9 Å². The second-order valence-electron chi connectivity index (χ2n) is 8.16. The highest BCUT2D eigenvalue weighted by atomic mass is 79.9. The average molecular weight is 558 g/mol. The van der Waals surface area contributed by atoms with Gasteiger partial charge in [-0.15, -0.1) is 0 Å². The summed E-state index contributed by atoms with van der Waals surface area (Å²) in [6, 6.07) is 25.5. The highest BCUT2D eigenvalue weighted by molar-refractivity contribution is 9.10. The molecule has 0 fully saturated rings. The maximum absolute atomic E-state index is 12.7. The minimum Gasteiger partial charge on any atom is -0.490 e. The fourth-order valence-corrected chi connectivity index (χ4v) is 4.31. The standard InChI is InChI=1S/C30H28BrN3O3/c1-4-17-37-29-19-26(31)24(18-28(29)36-5-2)20-32-33-30(35)23-12-14-25(15-13-23)34-21(3)11-16-27(34)22-9-7-6-8-10-22/h4,6-16,18-20H,1,5,17H2,2-3H3,(H,33,35)/b32-20+. The molecule has 1 amide bonds. The van der Waals surface area contributed by atoms with E-state index in [4.69, 9.17) is 9.47 Å². The fourth-order valence-electron chi connectivity index (χ4n) is 3.88. The van der Waals surface area contributed by atoms with Gasteiger partial charge < -0.3 is 14.0 Å². The molecule has 1 heterocycles. The Labute approximate surface area is 225 Å². The highest BCUT2D eigenvalue weighted by Crippen LogP contribution is 2.33. The van der Waals surface area contributed by atoms with Crippen LogP contribution < -0.4 is 14.9 Å². The molecule has 3 aromatic carbocycles. The van der Waals surface area contributed by atoms with Crippen LogP contribution in [0.5, 0.6) is 11.5 Å². The van der Waals surface area contributed by atoms with Gasteiger partial charge in [0.25, 0.3) is 5.91 Å². The van der Waals surface area contributed by atoms with Crippen molar-refractivity contribution in [3.05, 3.63) is 113 Å². The number of amides is 1. The van der Waals surface area contributed by atoms with E-state index < -0.39 is 0 Å². The number of hydrazone groups is 1. The molecule has 0 unspecified atom stereocenters. The van der Waals surface area contributed by atoms with E-state index in [9.17, 15) is 4.79 Å². The first-order valence-corrected chi connectivity index (χ1v) is 12.7. The van der Waals surface area contributed by atoms with Crippen molar-refractivity contribution in [3.8, 4) is 28.4 Å². The van der Waals surface area contributed by atoms with E-state index in [0.29, 0.717) is 30.3 Å². The van der Waals surface area contributed by atoms with Gasteiger partial charge in [-0.25, -0.2) is 5.43 Å². The van der Waals surface area contributed by atoms with Gasteiger partial charge in [-0.2, -0.15) is 5.10 Å². The third-order valence-electron chi connectivity index (χ3n) is 5.62. The van der Waals surface area contributed by atoms with Crippen molar-refractivity contribution in [2.24, 2.45) is 5.10 Å². The molecule has 0 radical (unpaired) electrons. The average Bonchev–Trinajstić information content (AvgIpc) is 3.31. The number of hydrogen-bond acceptors (Lipinski definition) is 4. The number of carbonyl (C=O) groups is 1. The molecule has 1 aromatic heterocycles. The van der Waals surface area contributed by atoms with Crippen molar-refractivity contribution < 1.29 is 14.3 Å². The Morgan fingerprint density at radius 3 is 2.46 bits per heavy atom. The van der Waals surface area contributed by atoms with Crippen molar-refractivity contribution >= 4 is 28.1 Å². The molecule has 1 N–H and O–H groups in total. The summed E-state index contributed by atoms with van der Waals surface area (Å²) in [5, 5.41) is 4.14. The van der Waals surface area contributed by atoms with Crippen LogP contribution in [0.4, 0.5) is 0 Å². The zero-order chi connectivity index (χ0) is 26.2. The Hall–Kier alpha value is -4.10. The molecule has 0 aliphatic heterocycles. The number of aryl methyl sites for hydroxylation is 1. The fraction of sp³-hybridized carbons (Fsp3) is 0.133. The first kappa shape index (κ1) is 26.0. The maximum atomic E-state index is 12.7. The highest BCUT2D eigenvalue weighted by Gasteiger charge is 2.12. The zero-order valence-corrected chi connectivity index (χ0v) is 22.4. The van der Waals surface area contributed by atoms with E-state index in [1.165, 1.54) is 0 Å². The van der Waals surface area contributed by atoms with Crippen LogP contribution in [0.1, 0.15) is 28.5 Å². The van der Waals surface area contributed by atoms with Gasteiger partial charge in [-0.1, -0.05) is 43.0 Å². The van der Waals surface area contributed by atoms with Gasteiger partial charge in [-0.05, 0) is 83.9 Å². The van der Waals surface area contributed by atoms with E-state index in [1.807, 2.05) is 43.3 Å². The lowest BCUT2D eigenvalue weighted by atomic mass is 10.1. The molecule has 0 spiro atoms. The van der Waals surface area contributed by atoms with Crippen molar-refractivity contribution in [2.75, 3.05) is 13.2 Å². The largest absolute Gasteiger partial charge is 0.490 e. The van der Waals surface area contributed by atoms with Crippen LogP contribution >= 0.6 is 15.9 Å². The Bertz CT molecular complexity index is 1410. The third kappa shape index (κ3) is 6.19. The Balaban J connectivity index is 1.48. The SMILES string of the molecule is C=CCOc1cc(Br)c(/C=N/NC(=O)c2ccc(-n3c(C)ccc3-c3ccccc3)cc2)cc1OCC. The number of aromatic nitrogens is 1. The predicted molar refractivity (Wildman–Crippen MR) is 152 cm³/mol. The molecule has 0 aliphatic rings. The van der Waals surface area contributed by atoms with Gasteiger partial charge in [0.2, 0.25) is 0 Å². The molecule has 7 heteroatoms. The van der Waals surface area contributed by atoms with Crippen LogP contribution in [-0.2, 0) is 0 Å². The van der Waals surface area contributed by atoms with E-state index >= 15 is 0 Å². The molecule has 0 bridgehead atoms.